The van der Waals surface area contributed by atoms with Crippen LogP contribution in [0.2, 0.25) is 0 Å². The van der Waals surface area contributed by atoms with E-state index in [4.69, 9.17) is 4.74 Å². The molecule has 1 aliphatic rings. The van der Waals surface area contributed by atoms with Crippen molar-refractivity contribution in [3.63, 3.8) is 0 Å². The fourth-order valence-electron chi connectivity index (χ4n) is 3.13. The third kappa shape index (κ3) is 6.13. The van der Waals surface area contributed by atoms with Gasteiger partial charge in [0.25, 0.3) is 0 Å². The van der Waals surface area contributed by atoms with E-state index in [1.54, 1.807) is 0 Å². The zero-order valence-corrected chi connectivity index (χ0v) is 15.1. The van der Waals surface area contributed by atoms with Crippen LogP contribution in [-0.4, -0.2) is 48.8 Å². The highest BCUT2D eigenvalue weighted by molar-refractivity contribution is 5.67. The monoisotopic (exact) mass is 333 g/mol. The summed E-state index contributed by atoms with van der Waals surface area (Å²) in [7, 11) is 0. The number of likely N-dealkylation sites (N-methyl/N-ethyl adjacent to an activating group) is 1. The molecule has 1 fully saturated rings. The van der Waals surface area contributed by atoms with Crippen LogP contribution in [-0.2, 0) is 11.3 Å². The van der Waals surface area contributed by atoms with E-state index in [1.165, 1.54) is 0 Å². The number of ether oxygens (including phenoxy) is 1. The number of benzene rings is 1. The number of alkyl carbamates (subject to hydrolysis) is 1. The molecular formula is C19H31N3O2. The summed E-state index contributed by atoms with van der Waals surface area (Å²) in [4.78, 5) is 14.2. The van der Waals surface area contributed by atoms with Gasteiger partial charge in [0.05, 0.1) is 0 Å². The van der Waals surface area contributed by atoms with Gasteiger partial charge in [-0.1, -0.05) is 44.2 Å². The first kappa shape index (κ1) is 18.7. The highest BCUT2D eigenvalue weighted by Crippen LogP contribution is 2.20. The van der Waals surface area contributed by atoms with Gasteiger partial charge >= 0.3 is 6.09 Å². The number of carbonyl (C=O) groups excluding carboxylic acids is 1. The van der Waals surface area contributed by atoms with Crippen molar-refractivity contribution in [2.75, 3.05) is 19.6 Å². The molecular weight excluding hydrogens is 302 g/mol. The topological polar surface area (TPSA) is 53.6 Å². The summed E-state index contributed by atoms with van der Waals surface area (Å²) in [5.74, 6) is 0. The van der Waals surface area contributed by atoms with Gasteiger partial charge in [-0.2, -0.15) is 0 Å². The lowest BCUT2D eigenvalue weighted by Gasteiger charge is -2.38. The molecule has 0 heterocycles. The Kier molecular flexibility index (Phi) is 7.53. The summed E-state index contributed by atoms with van der Waals surface area (Å²) < 4.78 is 5.26. The first-order chi connectivity index (χ1) is 11.6. The normalized spacial score (nSPS) is 21.2. The third-order valence-electron chi connectivity index (χ3n) is 4.62. The molecule has 1 aliphatic carbocycles. The predicted octanol–water partition coefficient (Wildman–Crippen LogP) is 2.76. The second kappa shape index (κ2) is 9.64. The van der Waals surface area contributed by atoms with Crippen LogP contribution in [0, 0.1) is 0 Å². The Morgan fingerprint density at radius 2 is 1.88 bits per heavy atom. The average molecular weight is 333 g/mol. The van der Waals surface area contributed by atoms with Gasteiger partial charge in [0, 0.05) is 24.7 Å². The SMILES string of the molecule is CCN(CC)CC(C)NC1CC(NC(=O)OCc2ccccc2)C1. The van der Waals surface area contributed by atoms with Crippen LogP contribution in [0.25, 0.3) is 0 Å². The number of amides is 1. The first-order valence-electron chi connectivity index (χ1n) is 9.06. The van der Waals surface area contributed by atoms with Gasteiger partial charge in [-0.05, 0) is 38.4 Å². The largest absolute Gasteiger partial charge is 0.445 e. The van der Waals surface area contributed by atoms with Crippen LogP contribution in [0.15, 0.2) is 30.3 Å². The minimum absolute atomic E-state index is 0.228. The van der Waals surface area contributed by atoms with E-state index in [-0.39, 0.29) is 12.1 Å². The number of rotatable bonds is 9. The lowest BCUT2D eigenvalue weighted by molar-refractivity contribution is 0.123. The lowest BCUT2D eigenvalue weighted by Crippen LogP contribution is -2.55. The Hall–Kier alpha value is -1.59. The van der Waals surface area contributed by atoms with Crippen LogP contribution < -0.4 is 10.6 Å². The zero-order chi connectivity index (χ0) is 17.4. The molecule has 0 radical (unpaired) electrons. The Morgan fingerprint density at radius 3 is 2.50 bits per heavy atom. The van der Waals surface area contributed by atoms with Gasteiger partial charge in [0.1, 0.15) is 6.61 Å². The zero-order valence-electron chi connectivity index (χ0n) is 15.1. The van der Waals surface area contributed by atoms with E-state index in [0.717, 1.165) is 38.0 Å². The predicted molar refractivity (Wildman–Crippen MR) is 97.0 cm³/mol. The van der Waals surface area contributed by atoms with Crippen molar-refractivity contribution in [2.45, 2.75) is 58.3 Å². The summed E-state index contributed by atoms with van der Waals surface area (Å²) in [6.07, 6.45) is 1.63. The van der Waals surface area contributed by atoms with Crippen LogP contribution >= 0.6 is 0 Å². The first-order valence-corrected chi connectivity index (χ1v) is 9.06. The Bertz CT molecular complexity index is 485. The fraction of sp³-hybridized carbons (Fsp3) is 0.632. The molecule has 1 unspecified atom stereocenters. The molecule has 0 bridgehead atoms. The minimum atomic E-state index is -0.321. The van der Waals surface area contributed by atoms with E-state index in [9.17, 15) is 4.79 Å². The molecule has 0 spiro atoms. The highest BCUT2D eigenvalue weighted by Gasteiger charge is 2.31. The fourth-order valence-corrected chi connectivity index (χ4v) is 3.13. The van der Waals surface area contributed by atoms with Crippen molar-refractivity contribution < 1.29 is 9.53 Å². The molecule has 0 aromatic heterocycles. The lowest BCUT2D eigenvalue weighted by atomic mass is 9.86. The Morgan fingerprint density at radius 1 is 1.21 bits per heavy atom. The number of nitrogens with one attached hydrogen (secondary N) is 2. The van der Waals surface area contributed by atoms with E-state index in [2.05, 4.69) is 36.3 Å². The van der Waals surface area contributed by atoms with Crippen molar-refractivity contribution in [3.8, 4) is 0 Å². The number of carbonyl (C=O) groups is 1. The second-order valence-electron chi connectivity index (χ2n) is 6.62. The van der Waals surface area contributed by atoms with E-state index in [0.29, 0.717) is 18.7 Å². The molecule has 1 amide bonds. The Labute approximate surface area is 145 Å². The van der Waals surface area contributed by atoms with Gasteiger partial charge in [0.2, 0.25) is 0 Å². The van der Waals surface area contributed by atoms with E-state index >= 15 is 0 Å². The van der Waals surface area contributed by atoms with Crippen molar-refractivity contribution in [3.05, 3.63) is 35.9 Å². The molecule has 134 valence electrons. The minimum Gasteiger partial charge on any atom is -0.445 e. The molecule has 1 aromatic carbocycles. The van der Waals surface area contributed by atoms with Crippen LogP contribution in [0.3, 0.4) is 0 Å². The summed E-state index contributed by atoms with van der Waals surface area (Å²) in [6, 6.07) is 10.9. The number of hydrogen-bond donors (Lipinski definition) is 2. The van der Waals surface area contributed by atoms with Crippen molar-refractivity contribution in [2.24, 2.45) is 0 Å². The standard InChI is InChI=1S/C19H31N3O2/c1-4-22(5-2)13-15(3)20-17-11-18(12-17)21-19(23)24-14-16-9-7-6-8-10-16/h6-10,15,17-18,20H,4-5,11-14H2,1-3H3,(H,21,23). The van der Waals surface area contributed by atoms with Crippen molar-refractivity contribution in [1.82, 2.24) is 15.5 Å². The second-order valence-corrected chi connectivity index (χ2v) is 6.62. The maximum atomic E-state index is 11.8. The van der Waals surface area contributed by atoms with Crippen molar-refractivity contribution >= 4 is 6.09 Å². The molecule has 2 rings (SSSR count). The van der Waals surface area contributed by atoms with Gasteiger partial charge in [-0.25, -0.2) is 4.79 Å². The molecule has 24 heavy (non-hydrogen) atoms. The van der Waals surface area contributed by atoms with Gasteiger partial charge in [-0.15, -0.1) is 0 Å². The summed E-state index contributed by atoms with van der Waals surface area (Å²) in [6.45, 7) is 10.2. The van der Waals surface area contributed by atoms with Gasteiger partial charge < -0.3 is 20.3 Å². The third-order valence-corrected chi connectivity index (χ3v) is 4.62. The maximum Gasteiger partial charge on any atom is 0.407 e. The molecule has 0 aliphatic heterocycles. The number of hydrogen-bond acceptors (Lipinski definition) is 4. The smallest absolute Gasteiger partial charge is 0.407 e. The van der Waals surface area contributed by atoms with Crippen LogP contribution in [0.4, 0.5) is 4.79 Å². The maximum absolute atomic E-state index is 11.8. The summed E-state index contributed by atoms with van der Waals surface area (Å²) in [5.41, 5.74) is 1.01. The van der Waals surface area contributed by atoms with Gasteiger partial charge in [0.15, 0.2) is 0 Å². The molecule has 5 nitrogen and oxygen atoms in total. The van der Waals surface area contributed by atoms with E-state index < -0.39 is 0 Å². The summed E-state index contributed by atoms with van der Waals surface area (Å²) in [5, 5.41) is 6.58. The molecule has 1 atom stereocenters. The van der Waals surface area contributed by atoms with E-state index in [1.807, 2.05) is 30.3 Å². The molecule has 1 aromatic rings. The Balaban J connectivity index is 1.58. The van der Waals surface area contributed by atoms with Crippen LogP contribution in [0.5, 0.6) is 0 Å². The average Bonchev–Trinajstić information content (AvgIpc) is 2.56. The van der Waals surface area contributed by atoms with Gasteiger partial charge in [-0.3, -0.25) is 0 Å². The van der Waals surface area contributed by atoms with Crippen LogP contribution in [0.1, 0.15) is 39.2 Å². The summed E-state index contributed by atoms with van der Waals surface area (Å²) >= 11 is 0. The van der Waals surface area contributed by atoms with Crippen molar-refractivity contribution in [1.29, 1.82) is 0 Å². The quantitative estimate of drug-likeness (QED) is 0.730. The molecule has 5 heteroatoms. The molecule has 1 saturated carbocycles. The molecule has 0 saturated heterocycles. The number of nitrogens with zero attached hydrogens (tertiary/aromatic N) is 1. The molecule has 2 N–H and O–H groups in total. The highest BCUT2D eigenvalue weighted by atomic mass is 16.5.